The van der Waals surface area contributed by atoms with Crippen LogP contribution in [0.1, 0.15) is 74.4 Å². The standard InChI is InChI=1S/C20H24N4O4S/c1-2-16(25)24-14(15-9-6-10-29-15)11-13(22-24)17-18(26)21-20(28)23(19(17)27)12-7-4-3-5-8-12/h6,9-10,12,14,27H,2-5,7-8,11H2,1H3,(H,21,26,28)/t14-/m1/s1. The maximum Gasteiger partial charge on any atom is 0.331 e. The normalized spacial score (nSPS) is 20.1. The van der Waals surface area contributed by atoms with Crippen LogP contribution in [0, 0.1) is 0 Å². The highest BCUT2D eigenvalue weighted by molar-refractivity contribution is 7.10. The minimum absolute atomic E-state index is 0.0110. The van der Waals surface area contributed by atoms with Gasteiger partial charge in [0.15, 0.2) is 0 Å². The molecule has 2 N–H and O–H groups in total. The lowest BCUT2D eigenvalue weighted by atomic mass is 9.95. The summed E-state index contributed by atoms with van der Waals surface area (Å²) in [5.74, 6) is -0.505. The lowest BCUT2D eigenvalue weighted by Gasteiger charge is -2.25. The van der Waals surface area contributed by atoms with Gasteiger partial charge in [0.1, 0.15) is 5.56 Å². The molecule has 1 amide bonds. The number of carbonyl (C=O) groups is 1. The molecule has 1 saturated carbocycles. The summed E-state index contributed by atoms with van der Waals surface area (Å²) in [7, 11) is 0. The third kappa shape index (κ3) is 3.55. The number of aromatic hydroxyl groups is 1. The lowest BCUT2D eigenvalue weighted by Crippen LogP contribution is -2.36. The zero-order valence-electron chi connectivity index (χ0n) is 16.3. The Morgan fingerprint density at radius 3 is 2.72 bits per heavy atom. The average Bonchev–Trinajstić information content (AvgIpc) is 3.38. The van der Waals surface area contributed by atoms with Crippen LogP contribution >= 0.6 is 11.3 Å². The number of hydrogen-bond acceptors (Lipinski definition) is 6. The van der Waals surface area contributed by atoms with Crippen molar-refractivity contribution in [2.75, 3.05) is 0 Å². The van der Waals surface area contributed by atoms with Gasteiger partial charge >= 0.3 is 5.69 Å². The van der Waals surface area contributed by atoms with E-state index in [0.717, 1.165) is 37.0 Å². The molecule has 29 heavy (non-hydrogen) atoms. The zero-order valence-corrected chi connectivity index (χ0v) is 17.1. The Morgan fingerprint density at radius 1 is 1.31 bits per heavy atom. The minimum atomic E-state index is -0.672. The molecule has 4 rings (SSSR count). The number of aromatic amines is 1. The molecule has 0 saturated heterocycles. The van der Waals surface area contributed by atoms with Crippen molar-refractivity contribution in [3.63, 3.8) is 0 Å². The van der Waals surface area contributed by atoms with Crippen molar-refractivity contribution in [1.29, 1.82) is 0 Å². The van der Waals surface area contributed by atoms with Gasteiger partial charge in [-0.15, -0.1) is 11.3 Å². The summed E-state index contributed by atoms with van der Waals surface area (Å²) in [4.78, 5) is 40.8. The molecular formula is C20H24N4O4S. The SMILES string of the molecule is CCC(=O)N1N=C(c2c(O)n(C3CCCCC3)c(=O)[nH]c2=O)C[C@@H]1c1cccs1. The summed E-state index contributed by atoms with van der Waals surface area (Å²) in [5.41, 5.74) is -0.955. The number of amides is 1. The minimum Gasteiger partial charge on any atom is -0.494 e. The molecule has 2 aliphatic rings. The number of hydrazone groups is 1. The third-order valence-corrected chi connectivity index (χ3v) is 6.66. The molecule has 1 fully saturated rings. The van der Waals surface area contributed by atoms with E-state index in [1.165, 1.54) is 20.9 Å². The van der Waals surface area contributed by atoms with Crippen LogP contribution in [0.2, 0.25) is 0 Å². The van der Waals surface area contributed by atoms with Gasteiger partial charge in [0, 0.05) is 23.8 Å². The van der Waals surface area contributed by atoms with Crippen molar-refractivity contribution in [3.05, 3.63) is 48.8 Å². The van der Waals surface area contributed by atoms with E-state index in [2.05, 4.69) is 10.1 Å². The van der Waals surface area contributed by atoms with Crippen molar-refractivity contribution >= 4 is 23.0 Å². The summed E-state index contributed by atoms with van der Waals surface area (Å²) in [6.45, 7) is 1.76. The first-order valence-electron chi connectivity index (χ1n) is 10.0. The molecule has 0 aromatic carbocycles. The van der Waals surface area contributed by atoms with E-state index in [1.807, 2.05) is 17.5 Å². The van der Waals surface area contributed by atoms with Gasteiger partial charge in [-0.3, -0.25) is 19.1 Å². The molecule has 0 unspecified atom stereocenters. The molecule has 1 aliphatic heterocycles. The fourth-order valence-corrected chi connectivity index (χ4v) is 5.04. The molecule has 154 valence electrons. The van der Waals surface area contributed by atoms with Crippen LogP contribution in [-0.2, 0) is 4.79 Å². The first-order chi connectivity index (χ1) is 14.0. The van der Waals surface area contributed by atoms with Crippen LogP contribution in [0.15, 0.2) is 32.2 Å². The topological polar surface area (TPSA) is 108 Å². The Kier molecular flexibility index (Phi) is 5.40. The number of rotatable bonds is 4. The molecule has 2 aromatic rings. The number of nitrogens with zero attached hydrogens (tertiary/aromatic N) is 3. The largest absolute Gasteiger partial charge is 0.494 e. The van der Waals surface area contributed by atoms with E-state index < -0.39 is 11.2 Å². The monoisotopic (exact) mass is 416 g/mol. The molecular weight excluding hydrogens is 392 g/mol. The van der Waals surface area contributed by atoms with Gasteiger partial charge in [-0.2, -0.15) is 5.10 Å². The van der Waals surface area contributed by atoms with E-state index >= 15 is 0 Å². The molecule has 9 heteroatoms. The number of carbonyl (C=O) groups excluding carboxylic acids is 1. The number of aromatic nitrogens is 2. The van der Waals surface area contributed by atoms with Crippen molar-refractivity contribution in [2.24, 2.45) is 5.10 Å². The maximum absolute atomic E-state index is 12.6. The van der Waals surface area contributed by atoms with E-state index in [9.17, 15) is 19.5 Å². The molecule has 0 bridgehead atoms. The first-order valence-corrected chi connectivity index (χ1v) is 10.9. The highest BCUT2D eigenvalue weighted by atomic mass is 32.1. The van der Waals surface area contributed by atoms with Gasteiger partial charge in [0.2, 0.25) is 11.8 Å². The summed E-state index contributed by atoms with van der Waals surface area (Å²) in [6, 6.07) is 3.37. The highest BCUT2D eigenvalue weighted by Crippen LogP contribution is 2.37. The van der Waals surface area contributed by atoms with E-state index in [1.54, 1.807) is 6.92 Å². The summed E-state index contributed by atoms with van der Waals surface area (Å²) in [6.07, 6.45) is 5.21. The smallest absolute Gasteiger partial charge is 0.331 e. The Labute approximate surface area is 171 Å². The van der Waals surface area contributed by atoms with Crippen molar-refractivity contribution in [3.8, 4) is 5.88 Å². The molecule has 0 radical (unpaired) electrons. The van der Waals surface area contributed by atoms with Crippen LogP contribution in [0.4, 0.5) is 0 Å². The number of nitrogens with one attached hydrogen (secondary N) is 1. The summed E-state index contributed by atoms with van der Waals surface area (Å²) >= 11 is 1.51. The molecule has 8 nitrogen and oxygen atoms in total. The molecule has 3 heterocycles. The fraction of sp³-hybridized carbons (Fsp3) is 0.500. The molecule has 2 aromatic heterocycles. The van der Waals surface area contributed by atoms with Crippen LogP contribution in [-0.4, -0.2) is 31.3 Å². The van der Waals surface area contributed by atoms with Crippen molar-refractivity contribution < 1.29 is 9.90 Å². The number of thiophene rings is 1. The second kappa shape index (κ2) is 7.98. The predicted octanol–water partition coefficient (Wildman–Crippen LogP) is 2.90. The maximum atomic E-state index is 12.6. The Hall–Kier alpha value is -2.68. The van der Waals surface area contributed by atoms with E-state index in [4.69, 9.17) is 0 Å². The average molecular weight is 417 g/mol. The first kappa shape index (κ1) is 19.6. The van der Waals surface area contributed by atoms with Crippen LogP contribution in [0.25, 0.3) is 0 Å². The third-order valence-electron chi connectivity index (χ3n) is 5.69. The lowest BCUT2D eigenvalue weighted by molar-refractivity contribution is -0.132. The summed E-state index contributed by atoms with van der Waals surface area (Å²) < 4.78 is 1.29. The van der Waals surface area contributed by atoms with Crippen molar-refractivity contribution in [1.82, 2.24) is 14.6 Å². The second-order valence-corrected chi connectivity index (χ2v) is 8.47. The highest BCUT2D eigenvalue weighted by Gasteiger charge is 2.36. The summed E-state index contributed by atoms with van der Waals surface area (Å²) in [5, 5.41) is 18.7. The van der Waals surface area contributed by atoms with Gasteiger partial charge in [-0.25, -0.2) is 9.80 Å². The molecule has 1 aliphatic carbocycles. The molecule has 1 atom stereocenters. The second-order valence-electron chi connectivity index (χ2n) is 7.49. The quantitative estimate of drug-likeness (QED) is 0.799. The van der Waals surface area contributed by atoms with Gasteiger partial charge in [0.25, 0.3) is 5.56 Å². The van der Waals surface area contributed by atoms with Crippen LogP contribution in [0.3, 0.4) is 0 Å². The molecule has 0 spiro atoms. The Morgan fingerprint density at radius 2 is 2.07 bits per heavy atom. The van der Waals surface area contributed by atoms with Gasteiger partial charge in [-0.05, 0) is 24.3 Å². The van der Waals surface area contributed by atoms with Crippen LogP contribution in [0.5, 0.6) is 5.88 Å². The number of hydrogen-bond donors (Lipinski definition) is 2. The Bertz CT molecular complexity index is 1050. The number of H-pyrrole nitrogens is 1. The predicted molar refractivity (Wildman–Crippen MR) is 110 cm³/mol. The van der Waals surface area contributed by atoms with Crippen LogP contribution < -0.4 is 11.2 Å². The zero-order chi connectivity index (χ0) is 20.5. The van der Waals surface area contributed by atoms with E-state index in [0.29, 0.717) is 12.1 Å². The van der Waals surface area contributed by atoms with Gasteiger partial charge < -0.3 is 5.11 Å². The van der Waals surface area contributed by atoms with Gasteiger partial charge in [0.05, 0.1) is 11.8 Å². The Balaban J connectivity index is 1.78. The van der Waals surface area contributed by atoms with Crippen molar-refractivity contribution in [2.45, 2.75) is 64.0 Å². The van der Waals surface area contributed by atoms with E-state index in [-0.39, 0.29) is 35.9 Å². The fourth-order valence-electron chi connectivity index (χ4n) is 4.23. The van der Waals surface area contributed by atoms with Gasteiger partial charge in [-0.1, -0.05) is 32.3 Å².